The van der Waals surface area contributed by atoms with Crippen LogP contribution in [0.4, 0.5) is 10.5 Å². The zero-order valence-electron chi connectivity index (χ0n) is 53.8. The van der Waals surface area contributed by atoms with Gasteiger partial charge in [-0.2, -0.15) is 0 Å². The Bertz CT molecular complexity index is 2610. The summed E-state index contributed by atoms with van der Waals surface area (Å²) >= 11 is 0. The van der Waals surface area contributed by atoms with E-state index in [1.54, 1.807) is 55.0 Å². The van der Waals surface area contributed by atoms with Gasteiger partial charge in [0.05, 0.1) is 55.9 Å². The van der Waals surface area contributed by atoms with Crippen molar-refractivity contribution in [2.75, 3.05) is 60.4 Å². The second-order valence-electron chi connectivity index (χ2n) is 25.6. The number of allylic oxidation sites excluding steroid dienone is 2. The number of methoxy groups -OCH3 is 2. The zero-order valence-corrected chi connectivity index (χ0v) is 53.8. The summed E-state index contributed by atoms with van der Waals surface area (Å²) in [5.74, 6) is -0.610. The zero-order chi connectivity index (χ0) is 63.6. The first-order valence-corrected chi connectivity index (χ1v) is 31.6. The molecule has 6 rings (SSSR count). The first-order valence-electron chi connectivity index (χ1n) is 31.6. The molecule has 21 nitrogen and oxygen atoms in total. The molecular weight excluding hydrogens is 1110 g/mol. The lowest BCUT2D eigenvalue weighted by Crippen LogP contribution is -2.59. The summed E-state index contributed by atoms with van der Waals surface area (Å²) in [5.41, 5.74) is 4.43. The predicted octanol–water partition coefficient (Wildman–Crippen LogP) is 6.41. The summed E-state index contributed by atoms with van der Waals surface area (Å²) in [7, 11) is 8.44. The number of benzene rings is 2. The number of likely N-dealkylation sites (N-methyl/N-ethyl adjacent to an activating group) is 2. The largest absolute Gasteiger partial charge is 0.449 e. The monoisotopic (exact) mass is 1210 g/mol. The van der Waals surface area contributed by atoms with E-state index >= 15 is 0 Å². The van der Waals surface area contributed by atoms with Gasteiger partial charge in [0.25, 0.3) is 5.91 Å². The highest BCUT2D eigenvalue weighted by Gasteiger charge is 2.51. The fourth-order valence-corrected chi connectivity index (χ4v) is 13.3. The van der Waals surface area contributed by atoms with Crippen molar-refractivity contribution in [1.82, 2.24) is 41.4 Å². The Kier molecular flexibility index (Phi) is 26.6. The first kappa shape index (κ1) is 69.7. The van der Waals surface area contributed by atoms with Crippen LogP contribution in [-0.4, -0.2) is 166 Å². The van der Waals surface area contributed by atoms with Gasteiger partial charge in [0.2, 0.25) is 35.4 Å². The van der Waals surface area contributed by atoms with Gasteiger partial charge in [0.1, 0.15) is 18.1 Å². The topological polar surface area (TPSA) is 255 Å². The molecular formula is C66H101N9O12. The fraction of sp³-hybridized carbons (Fsp3) is 0.667. The van der Waals surface area contributed by atoms with Crippen LogP contribution >= 0.6 is 0 Å². The summed E-state index contributed by atoms with van der Waals surface area (Å²) in [5, 5.41) is 14.1. The van der Waals surface area contributed by atoms with Crippen molar-refractivity contribution in [2.24, 2.45) is 53.3 Å². The minimum Gasteiger partial charge on any atom is -0.449 e. The number of nitrogens with one attached hydrogen (secondary N) is 6. The maximum absolute atomic E-state index is 14.6. The van der Waals surface area contributed by atoms with Gasteiger partial charge in [-0.1, -0.05) is 110 Å². The Morgan fingerprint density at radius 3 is 1.94 bits per heavy atom. The van der Waals surface area contributed by atoms with Crippen molar-refractivity contribution in [2.45, 2.75) is 175 Å². The van der Waals surface area contributed by atoms with Crippen molar-refractivity contribution in [3.8, 4) is 0 Å². The molecule has 6 N–H and O–H groups in total. The van der Waals surface area contributed by atoms with E-state index in [4.69, 9.17) is 19.0 Å². The van der Waals surface area contributed by atoms with Gasteiger partial charge >= 0.3 is 6.09 Å². The average Bonchev–Trinajstić information content (AvgIpc) is 1.71. The average molecular weight is 1210 g/mol. The first-order chi connectivity index (χ1) is 41.5. The molecule has 1 heterocycles. The SMILES string of the molecule is CCC(C)C(C(CC(=O)N1CCCC1C(OC)C(C)C(=O)NC(Cc1ccccc1)C(=O)NOCc1ccc(NC(=O)C(C)NC(=O)CCNC(=O)OCC2C3CCC4C=CC4CCC32)cc1)OC)N(C)C(=O)C(NC(=O)C(C(C)C)N(C)C)C(C)C. The maximum atomic E-state index is 14.6. The third-order valence-electron chi connectivity index (χ3n) is 18.6. The van der Waals surface area contributed by atoms with E-state index in [-0.39, 0.29) is 67.9 Å². The van der Waals surface area contributed by atoms with Gasteiger partial charge < -0.3 is 50.6 Å². The third-order valence-corrected chi connectivity index (χ3v) is 18.6. The van der Waals surface area contributed by atoms with Crippen LogP contribution < -0.4 is 32.1 Å². The summed E-state index contributed by atoms with van der Waals surface area (Å²) in [6, 6.07) is 11.8. The number of fused-ring (bicyclic) bond motifs is 2. The van der Waals surface area contributed by atoms with E-state index < -0.39 is 84.1 Å². The van der Waals surface area contributed by atoms with Crippen molar-refractivity contribution in [3.63, 3.8) is 0 Å². The fourth-order valence-electron chi connectivity index (χ4n) is 13.3. The lowest BCUT2D eigenvalue weighted by atomic mass is 9.74. The Labute approximate surface area is 516 Å². The van der Waals surface area contributed by atoms with E-state index in [1.165, 1.54) is 39.9 Å². The normalized spacial score (nSPS) is 22.6. The Morgan fingerprint density at radius 1 is 0.713 bits per heavy atom. The molecule has 2 aromatic rings. The molecule has 87 heavy (non-hydrogen) atoms. The molecule has 1 saturated heterocycles. The molecule has 482 valence electrons. The number of nitrogens with zero attached hydrogens (tertiary/aromatic N) is 3. The molecule has 0 radical (unpaired) electrons. The molecule has 3 fully saturated rings. The smallest absolute Gasteiger partial charge is 0.407 e. The number of anilines is 1. The number of alkyl carbamates (subject to hydrolysis) is 1. The molecule has 14 atom stereocenters. The van der Waals surface area contributed by atoms with Crippen LogP contribution in [0.3, 0.4) is 0 Å². The van der Waals surface area contributed by atoms with Gasteiger partial charge in [-0.15, -0.1) is 0 Å². The van der Waals surface area contributed by atoms with Crippen molar-refractivity contribution in [3.05, 3.63) is 77.9 Å². The quantitative estimate of drug-likeness (QED) is 0.0343. The Morgan fingerprint density at radius 2 is 1.37 bits per heavy atom. The number of likely N-dealkylation sites (tertiary alicyclic amines) is 1. The van der Waals surface area contributed by atoms with Crippen LogP contribution in [0.2, 0.25) is 0 Å². The Hall–Kier alpha value is -6.42. The van der Waals surface area contributed by atoms with Gasteiger partial charge in [-0.3, -0.25) is 43.3 Å². The van der Waals surface area contributed by atoms with E-state index in [2.05, 4.69) is 44.2 Å². The van der Waals surface area contributed by atoms with Gasteiger partial charge in [-0.05, 0) is 130 Å². The molecule has 21 heteroatoms. The van der Waals surface area contributed by atoms with Crippen LogP contribution in [0.25, 0.3) is 0 Å². The van der Waals surface area contributed by atoms with Crippen LogP contribution in [-0.2, 0) is 65.6 Å². The molecule has 4 aliphatic rings. The standard InChI is InChI=1S/C66H101N9O12/c1-14-41(6)59(74(11)65(82)57(39(2)3)71-64(81)58(40(4)5)73(9)10)54(84-12)36-56(77)75-34-18-21-53(75)60(85-13)42(7)61(78)70-52(35-44-19-16-15-17-20-44)63(80)72-87-37-45-22-28-48(29-23-45)69-62(79)43(8)68-55(76)32-33-67-66(83)86-38-51-49-30-26-46-24-25-47(46)27-31-50(49)51/h15-17,19-20,22-25,28-29,39-43,46-47,49-54,57-60H,14,18,21,26-27,30-38H2,1-13H3,(H,67,83)(H,68,76)(H,69,79)(H,70,78)(H,71,81)(H,72,80). The summed E-state index contributed by atoms with van der Waals surface area (Å²) in [6.45, 7) is 15.9. The number of hydrogen-bond acceptors (Lipinski definition) is 13. The van der Waals surface area contributed by atoms with Crippen molar-refractivity contribution >= 4 is 53.1 Å². The highest BCUT2D eigenvalue weighted by molar-refractivity contribution is 5.97. The van der Waals surface area contributed by atoms with Crippen LogP contribution in [0.5, 0.6) is 0 Å². The summed E-state index contributed by atoms with van der Waals surface area (Å²) in [6.07, 6.45) is 9.46. The highest BCUT2D eigenvalue weighted by Crippen LogP contribution is 2.56. The van der Waals surface area contributed by atoms with E-state index in [9.17, 15) is 38.4 Å². The molecule has 8 amide bonds. The van der Waals surface area contributed by atoms with Crippen LogP contribution in [0, 0.1) is 53.3 Å². The molecule has 1 aliphatic heterocycles. The molecule has 14 unspecified atom stereocenters. The number of carbonyl (C=O) groups excluding carboxylic acids is 8. The number of hydroxylamine groups is 1. The number of rotatable bonds is 32. The molecule has 0 bridgehead atoms. The Balaban J connectivity index is 0.972. The summed E-state index contributed by atoms with van der Waals surface area (Å²) < 4.78 is 17.7. The number of ether oxygens (including phenoxy) is 3. The minimum atomic E-state index is -1.06. The second-order valence-corrected chi connectivity index (χ2v) is 25.6. The number of hydrogen-bond donors (Lipinski definition) is 6. The van der Waals surface area contributed by atoms with Crippen molar-refractivity contribution in [1.29, 1.82) is 0 Å². The van der Waals surface area contributed by atoms with Gasteiger partial charge in [0.15, 0.2) is 0 Å². The van der Waals surface area contributed by atoms with E-state index in [1.807, 2.05) is 90.9 Å². The molecule has 0 spiro atoms. The highest BCUT2D eigenvalue weighted by atomic mass is 16.7. The number of amides is 8. The predicted molar refractivity (Wildman–Crippen MR) is 332 cm³/mol. The minimum absolute atomic E-state index is 0.00770. The second kappa shape index (κ2) is 33.2. The lowest BCUT2D eigenvalue weighted by Gasteiger charge is -2.41. The molecule has 2 saturated carbocycles. The number of carbonyl (C=O) groups is 8. The van der Waals surface area contributed by atoms with E-state index in [0.717, 1.165) is 17.4 Å². The van der Waals surface area contributed by atoms with Crippen LogP contribution in [0.15, 0.2) is 66.7 Å². The van der Waals surface area contributed by atoms with Gasteiger partial charge in [-0.25, -0.2) is 10.3 Å². The molecule has 3 aliphatic carbocycles. The van der Waals surface area contributed by atoms with E-state index in [0.29, 0.717) is 61.4 Å². The summed E-state index contributed by atoms with van der Waals surface area (Å²) in [4.78, 5) is 120. The van der Waals surface area contributed by atoms with Crippen LogP contribution in [0.1, 0.15) is 124 Å². The lowest BCUT2D eigenvalue weighted by molar-refractivity contribution is -0.148. The molecule has 2 aromatic carbocycles. The van der Waals surface area contributed by atoms with Gasteiger partial charge in [0, 0.05) is 52.9 Å². The molecule has 0 aromatic heterocycles. The maximum Gasteiger partial charge on any atom is 0.407 e. The van der Waals surface area contributed by atoms with Crippen molar-refractivity contribution < 1.29 is 57.4 Å². The third kappa shape index (κ3) is 19.3.